The van der Waals surface area contributed by atoms with Gasteiger partial charge in [-0.25, -0.2) is 0 Å². The highest BCUT2D eigenvalue weighted by Gasteiger charge is 2.56. The summed E-state index contributed by atoms with van der Waals surface area (Å²) in [6.45, 7) is 4.51. The Kier molecular flexibility index (Phi) is 7.70. The van der Waals surface area contributed by atoms with Gasteiger partial charge in [0, 0.05) is 10.4 Å². The minimum Gasteiger partial charge on any atom is -0.507 e. The third kappa shape index (κ3) is 5.20. The number of hydrogen-bond donors (Lipinski definition) is 2. The Bertz CT molecular complexity index is 1220. The fourth-order valence-corrected chi connectivity index (χ4v) is 7.13. The van der Waals surface area contributed by atoms with Gasteiger partial charge in [0.15, 0.2) is 0 Å². The number of amides is 2. The third-order valence-corrected chi connectivity index (χ3v) is 8.89. The van der Waals surface area contributed by atoms with Crippen LogP contribution in [0.5, 0.6) is 5.75 Å². The maximum atomic E-state index is 13.6. The molecule has 2 amide bonds. The second-order valence-electron chi connectivity index (χ2n) is 10.5. The summed E-state index contributed by atoms with van der Waals surface area (Å²) >= 11 is 1.55. The summed E-state index contributed by atoms with van der Waals surface area (Å²) in [5.41, 5.74) is 4.23. The Morgan fingerprint density at radius 3 is 2.70 bits per heavy atom. The van der Waals surface area contributed by atoms with Gasteiger partial charge in [0.25, 0.3) is 0 Å². The zero-order chi connectivity index (χ0) is 26.1. The molecule has 6 nitrogen and oxygen atoms in total. The van der Waals surface area contributed by atoms with Crippen LogP contribution >= 0.6 is 11.3 Å². The Labute approximate surface area is 222 Å². The van der Waals surface area contributed by atoms with Crippen molar-refractivity contribution in [3.63, 3.8) is 0 Å². The molecule has 2 saturated heterocycles. The number of benzene rings is 1. The molecule has 1 aromatic carbocycles. The van der Waals surface area contributed by atoms with E-state index in [-0.39, 0.29) is 35.5 Å². The van der Waals surface area contributed by atoms with Crippen molar-refractivity contribution in [1.82, 2.24) is 4.90 Å². The minimum atomic E-state index is -0.962. The second-order valence-corrected chi connectivity index (χ2v) is 11.5. The average Bonchev–Trinajstić information content (AvgIpc) is 3.46. The molecule has 3 aliphatic rings. The van der Waals surface area contributed by atoms with E-state index in [1.807, 2.05) is 35.7 Å². The first-order chi connectivity index (χ1) is 17.9. The molecule has 8 heteroatoms. The number of rotatable bonds is 8. The molecular formula is C29H34BNO5S. The molecule has 2 aliphatic heterocycles. The standard InChI is InChI=1S/C29H34BNO5S/c1-3-7-19(15-20-8-4-5-10-24(20)32)11-12-25-26-18(2)14-22-27(23(26)16-30(35)36-25)29(34)31(28(22)33)17-21-9-6-13-37-21/h4-6,8-10,13,15,22-23,25,27,32,35H,3,7,11-12,14,16-17H2,1-2H3/b19-15+/t22-,23+,25-,27-/m1/s1. The molecular weight excluding hydrogens is 485 g/mol. The fourth-order valence-electron chi connectivity index (χ4n) is 6.44. The molecule has 2 fully saturated rings. The predicted octanol–water partition coefficient (Wildman–Crippen LogP) is 5.43. The maximum absolute atomic E-state index is 13.6. The van der Waals surface area contributed by atoms with Gasteiger partial charge in [-0.05, 0) is 67.9 Å². The lowest BCUT2D eigenvalue weighted by Gasteiger charge is -2.42. The number of hydrogen-bond acceptors (Lipinski definition) is 6. The molecule has 0 saturated carbocycles. The number of nitrogens with zero attached hydrogens (tertiary/aromatic N) is 1. The number of phenols is 1. The first-order valence-corrected chi connectivity index (χ1v) is 14.1. The summed E-state index contributed by atoms with van der Waals surface area (Å²) in [7, 11) is -0.962. The fraction of sp³-hybridized carbons (Fsp3) is 0.448. The van der Waals surface area contributed by atoms with Gasteiger partial charge < -0.3 is 14.8 Å². The molecule has 1 aliphatic carbocycles. The van der Waals surface area contributed by atoms with Gasteiger partial charge >= 0.3 is 7.12 Å². The highest BCUT2D eigenvalue weighted by Crippen LogP contribution is 2.50. The molecule has 4 atom stereocenters. The van der Waals surface area contributed by atoms with Crippen LogP contribution in [0, 0.1) is 17.8 Å². The molecule has 5 rings (SSSR count). The Hall–Kier alpha value is -2.68. The number of fused-ring (bicyclic) bond motifs is 3. The van der Waals surface area contributed by atoms with Crippen LogP contribution in [0.2, 0.25) is 6.32 Å². The van der Waals surface area contributed by atoms with Crippen molar-refractivity contribution in [3.05, 3.63) is 68.9 Å². The van der Waals surface area contributed by atoms with Crippen LogP contribution in [-0.2, 0) is 20.8 Å². The predicted molar refractivity (Wildman–Crippen MR) is 146 cm³/mol. The van der Waals surface area contributed by atoms with Crippen molar-refractivity contribution >= 4 is 36.3 Å². The van der Waals surface area contributed by atoms with Crippen LogP contribution in [0.3, 0.4) is 0 Å². The molecule has 2 aromatic rings. The van der Waals surface area contributed by atoms with Gasteiger partial charge in [-0.1, -0.05) is 54.8 Å². The summed E-state index contributed by atoms with van der Waals surface area (Å²) in [4.78, 5) is 29.3. The van der Waals surface area contributed by atoms with E-state index in [2.05, 4.69) is 19.9 Å². The van der Waals surface area contributed by atoms with Gasteiger partial charge in [-0.2, -0.15) is 0 Å². The number of aromatic hydroxyl groups is 1. The van der Waals surface area contributed by atoms with Crippen LogP contribution < -0.4 is 0 Å². The molecule has 1 aromatic heterocycles. The van der Waals surface area contributed by atoms with Gasteiger partial charge in [0.1, 0.15) is 5.75 Å². The van der Waals surface area contributed by atoms with Crippen LogP contribution in [0.4, 0.5) is 0 Å². The maximum Gasteiger partial charge on any atom is 0.455 e. The number of thiophene rings is 1. The minimum absolute atomic E-state index is 0.0878. The largest absolute Gasteiger partial charge is 0.507 e. The topological polar surface area (TPSA) is 87.1 Å². The van der Waals surface area contributed by atoms with E-state index >= 15 is 0 Å². The number of carbonyl (C=O) groups excluding carboxylic acids is 2. The zero-order valence-corrected chi connectivity index (χ0v) is 22.2. The molecule has 0 bridgehead atoms. The number of likely N-dealkylation sites (tertiary alicyclic amines) is 1. The van der Waals surface area contributed by atoms with Crippen LogP contribution in [0.25, 0.3) is 6.08 Å². The Morgan fingerprint density at radius 1 is 1.16 bits per heavy atom. The van der Waals surface area contributed by atoms with Crippen molar-refractivity contribution in [2.75, 3.05) is 0 Å². The monoisotopic (exact) mass is 519 g/mol. The van der Waals surface area contributed by atoms with E-state index in [1.54, 1.807) is 17.4 Å². The summed E-state index contributed by atoms with van der Waals surface area (Å²) in [5, 5.41) is 22.9. The molecule has 3 heterocycles. The normalized spacial score (nSPS) is 26.1. The first kappa shape index (κ1) is 26.0. The highest BCUT2D eigenvalue weighted by molar-refractivity contribution is 7.09. The molecule has 37 heavy (non-hydrogen) atoms. The van der Waals surface area contributed by atoms with Crippen molar-refractivity contribution in [1.29, 1.82) is 0 Å². The average molecular weight is 519 g/mol. The van der Waals surface area contributed by atoms with Gasteiger partial charge in [0.05, 0.1) is 24.5 Å². The zero-order valence-electron chi connectivity index (χ0n) is 21.4. The van der Waals surface area contributed by atoms with Crippen molar-refractivity contribution in [2.24, 2.45) is 17.8 Å². The second kappa shape index (κ2) is 11.0. The van der Waals surface area contributed by atoms with E-state index in [0.717, 1.165) is 40.8 Å². The van der Waals surface area contributed by atoms with E-state index in [1.165, 1.54) is 10.5 Å². The lowest BCUT2D eigenvalue weighted by Crippen LogP contribution is -2.46. The van der Waals surface area contributed by atoms with Gasteiger partial charge in [-0.3, -0.25) is 14.5 Å². The van der Waals surface area contributed by atoms with Crippen LogP contribution in [-0.4, -0.2) is 40.1 Å². The third-order valence-electron chi connectivity index (χ3n) is 8.03. The number of allylic oxidation sites excluding steroid dienone is 2. The molecule has 2 N–H and O–H groups in total. The lowest BCUT2D eigenvalue weighted by atomic mass is 9.58. The number of para-hydroxylation sites is 1. The number of phenolic OH excluding ortho intramolecular Hbond substituents is 1. The van der Waals surface area contributed by atoms with Gasteiger partial charge in [0.2, 0.25) is 11.8 Å². The summed E-state index contributed by atoms with van der Waals surface area (Å²) in [6, 6.07) is 11.2. The number of imide groups is 1. The lowest BCUT2D eigenvalue weighted by molar-refractivity contribution is -0.140. The number of carbonyl (C=O) groups is 2. The van der Waals surface area contributed by atoms with Crippen molar-refractivity contribution < 1.29 is 24.4 Å². The molecule has 0 radical (unpaired) electrons. The van der Waals surface area contributed by atoms with Gasteiger partial charge in [-0.15, -0.1) is 11.3 Å². The van der Waals surface area contributed by atoms with E-state index in [9.17, 15) is 19.7 Å². The Morgan fingerprint density at radius 2 is 1.97 bits per heavy atom. The van der Waals surface area contributed by atoms with E-state index in [0.29, 0.717) is 25.7 Å². The summed E-state index contributed by atoms with van der Waals surface area (Å²) in [6.07, 6.45) is 5.98. The smallest absolute Gasteiger partial charge is 0.455 e. The first-order valence-electron chi connectivity index (χ1n) is 13.3. The molecule has 0 unspecified atom stereocenters. The molecule has 0 spiro atoms. The van der Waals surface area contributed by atoms with Crippen LogP contribution in [0.1, 0.15) is 56.4 Å². The molecule has 194 valence electrons. The summed E-state index contributed by atoms with van der Waals surface area (Å²) < 4.78 is 6.06. The summed E-state index contributed by atoms with van der Waals surface area (Å²) in [5.74, 6) is -0.918. The van der Waals surface area contributed by atoms with E-state index < -0.39 is 13.0 Å². The van der Waals surface area contributed by atoms with E-state index in [4.69, 9.17) is 4.65 Å². The Balaban J connectivity index is 1.37. The quantitative estimate of drug-likeness (QED) is 0.276. The van der Waals surface area contributed by atoms with Crippen molar-refractivity contribution in [2.45, 2.75) is 64.9 Å². The van der Waals surface area contributed by atoms with Crippen LogP contribution in [0.15, 0.2) is 58.5 Å². The SMILES string of the molecule is CCC/C(=C\c1ccccc1O)CC[C@H]1OB(O)C[C@H]2C1=C(C)C[C@H]1C(=O)N(Cc3cccs3)C(=O)[C@H]12. The van der Waals surface area contributed by atoms with Crippen molar-refractivity contribution in [3.8, 4) is 5.75 Å². The highest BCUT2D eigenvalue weighted by atomic mass is 32.1.